The van der Waals surface area contributed by atoms with Gasteiger partial charge < -0.3 is 4.74 Å². The quantitative estimate of drug-likeness (QED) is 0.633. The molecule has 3 heteroatoms. The maximum Gasteiger partial charge on any atom is 0.143 e. The Hall–Kier alpha value is -0.260. The first-order valence-electron chi connectivity index (χ1n) is 4.44. The summed E-state index contributed by atoms with van der Waals surface area (Å²) in [5.74, 6) is 0.715. The Morgan fingerprint density at radius 2 is 2.17 bits per heavy atom. The molecule has 1 aliphatic rings. The van der Waals surface area contributed by atoms with E-state index < -0.39 is 5.38 Å². The van der Waals surface area contributed by atoms with Gasteiger partial charge in [0, 0.05) is 6.61 Å². The second-order valence-electron chi connectivity index (χ2n) is 3.28. The largest absolute Gasteiger partial charge is 0.379 e. The molecule has 0 aromatic carbocycles. The van der Waals surface area contributed by atoms with Crippen LogP contribution >= 0.6 is 11.6 Å². The summed E-state index contributed by atoms with van der Waals surface area (Å²) in [7, 11) is 0. The molecule has 12 heavy (non-hydrogen) atoms. The molecule has 1 unspecified atom stereocenters. The molecule has 2 nitrogen and oxygen atoms in total. The highest BCUT2D eigenvalue weighted by Gasteiger charge is 2.15. The van der Waals surface area contributed by atoms with E-state index >= 15 is 0 Å². The molecule has 0 radical (unpaired) electrons. The van der Waals surface area contributed by atoms with Crippen molar-refractivity contribution in [2.24, 2.45) is 5.92 Å². The van der Waals surface area contributed by atoms with Gasteiger partial charge in [-0.1, -0.05) is 12.8 Å². The molecule has 0 aromatic rings. The maximum absolute atomic E-state index is 8.36. The first kappa shape index (κ1) is 9.83. The highest BCUT2D eigenvalue weighted by molar-refractivity contribution is 6.22. The summed E-state index contributed by atoms with van der Waals surface area (Å²) in [4.78, 5) is 0. The van der Waals surface area contributed by atoms with Crippen molar-refractivity contribution in [3.63, 3.8) is 0 Å². The van der Waals surface area contributed by atoms with E-state index in [1.54, 1.807) is 0 Å². The molecule has 0 saturated heterocycles. The molecule has 1 saturated carbocycles. The van der Waals surface area contributed by atoms with Crippen LogP contribution in [0.5, 0.6) is 0 Å². The van der Waals surface area contributed by atoms with Crippen LogP contribution in [0.4, 0.5) is 0 Å². The van der Waals surface area contributed by atoms with Gasteiger partial charge in [-0.15, -0.1) is 11.6 Å². The van der Waals surface area contributed by atoms with Gasteiger partial charge in [0.2, 0.25) is 0 Å². The van der Waals surface area contributed by atoms with E-state index in [4.69, 9.17) is 21.6 Å². The third-order valence-corrected chi connectivity index (χ3v) is 2.46. The normalized spacial score (nSPS) is 20.7. The summed E-state index contributed by atoms with van der Waals surface area (Å²) in [5.41, 5.74) is 0. The van der Waals surface area contributed by atoms with Crippen LogP contribution < -0.4 is 0 Å². The zero-order valence-corrected chi connectivity index (χ0v) is 7.89. The SMILES string of the molecule is N#CC(Cl)COCC1CCCC1. The number of alkyl halides is 1. The zero-order chi connectivity index (χ0) is 8.81. The molecule has 1 aliphatic carbocycles. The van der Waals surface area contributed by atoms with Crippen molar-refractivity contribution in [1.82, 2.24) is 0 Å². The van der Waals surface area contributed by atoms with E-state index in [0.717, 1.165) is 6.61 Å². The van der Waals surface area contributed by atoms with Crippen molar-refractivity contribution in [3.05, 3.63) is 0 Å². The van der Waals surface area contributed by atoms with Crippen LogP contribution in [0.15, 0.2) is 0 Å². The van der Waals surface area contributed by atoms with Crippen LogP contribution in [0.3, 0.4) is 0 Å². The van der Waals surface area contributed by atoms with E-state index in [1.807, 2.05) is 6.07 Å². The van der Waals surface area contributed by atoms with Crippen LogP contribution in [0.2, 0.25) is 0 Å². The second kappa shape index (κ2) is 5.40. The van der Waals surface area contributed by atoms with Gasteiger partial charge in [0.1, 0.15) is 5.38 Å². The number of halogens is 1. The third-order valence-electron chi connectivity index (χ3n) is 2.23. The average molecular weight is 188 g/mol. The highest BCUT2D eigenvalue weighted by Crippen LogP contribution is 2.24. The molecule has 0 N–H and O–H groups in total. The van der Waals surface area contributed by atoms with Gasteiger partial charge in [0.15, 0.2) is 0 Å². The third kappa shape index (κ3) is 3.42. The number of hydrogen-bond donors (Lipinski definition) is 0. The summed E-state index contributed by atoms with van der Waals surface area (Å²) in [6.07, 6.45) is 5.21. The summed E-state index contributed by atoms with van der Waals surface area (Å²) >= 11 is 5.56. The molecule has 0 heterocycles. The molecular formula is C9H14ClNO. The predicted octanol–water partition coefficient (Wildman–Crippen LogP) is 2.32. The lowest BCUT2D eigenvalue weighted by Gasteiger charge is -2.09. The molecule has 1 rings (SSSR count). The first-order chi connectivity index (χ1) is 5.83. The zero-order valence-electron chi connectivity index (χ0n) is 7.13. The molecule has 0 bridgehead atoms. The Balaban J connectivity index is 1.98. The Morgan fingerprint density at radius 3 is 2.75 bits per heavy atom. The lowest BCUT2D eigenvalue weighted by Crippen LogP contribution is -2.12. The van der Waals surface area contributed by atoms with E-state index in [2.05, 4.69) is 0 Å². The monoisotopic (exact) mass is 187 g/mol. The van der Waals surface area contributed by atoms with Gasteiger partial charge in [-0.25, -0.2) is 0 Å². The van der Waals surface area contributed by atoms with Crippen molar-refractivity contribution >= 4 is 11.6 Å². The molecule has 1 fully saturated rings. The van der Waals surface area contributed by atoms with E-state index in [9.17, 15) is 0 Å². The fourth-order valence-electron chi connectivity index (χ4n) is 1.55. The highest BCUT2D eigenvalue weighted by atomic mass is 35.5. The minimum absolute atomic E-state index is 0.370. The van der Waals surface area contributed by atoms with E-state index in [0.29, 0.717) is 12.5 Å². The molecule has 0 amide bonds. The number of nitriles is 1. The summed E-state index contributed by atoms with van der Waals surface area (Å²) in [5, 5.41) is 7.88. The van der Waals surface area contributed by atoms with E-state index in [-0.39, 0.29) is 0 Å². The van der Waals surface area contributed by atoms with Crippen molar-refractivity contribution < 1.29 is 4.74 Å². The Morgan fingerprint density at radius 1 is 1.50 bits per heavy atom. The van der Waals surface area contributed by atoms with Crippen LogP contribution in [-0.2, 0) is 4.74 Å². The number of rotatable bonds is 4. The van der Waals surface area contributed by atoms with Gasteiger partial charge in [-0.05, 0) is 18.8 Å². The minimum atomic E-state index is -0.480. The molecule has 1 atom stereocenters. The van der Waals surface area contributed by atoms with Crippen LogP contribution in [-0.4, -0.2) is 18.6 Å². The summed E-state index contributed by atoms with van der Waals surface area (Å²) in [6.45, 7) is 1.15. The lowest BCUT2D eigenvalue weighted by molar-refractivity contribution is 0.107. The molecule has 68 valence electrons. The Labute approximate surface area is 78.5 Å². The van der Waals surface area contributed by atoms with Gasteiger partial charge in [-0.3, -0.25) is 0 Å². The molecule has 0 aliphatic heterocycles. The standard InChI is InChI=1S/C9H14ClNO/c10-9(5-11)7-12-6-8-3-1-2-4-8/h8-9H,1-4,6-7H2. The van der Waals surface area contributed by atoms with Crippen LogP contribution in [0, 0.1) is 17.2 Å². The number of nitrogens with zero attached hydrogens (tertiary/aromatic N) is 1. The Kier molecular flexibility index (Phi) is 4.42. The fraction of sp³-hybridized carbons (Fsp3) is 0.889. The van der Waals surface area contributed by atoms with E-state index in [1.165, 1.54) is 25.7 Å². The Bertz CT molecular complexity index is 160. The smallest absolute Gasteiger partial charge is 0.143 e. The van der Waals surface area contributed by atoms with Gasteiger partial charge >= 0.3 is 0 Å². The van der Waals surface area contributed by atoms with Gasteiger partial charge in [-0.2, -0.15) is 5.26 Å². The van der Waals surface area contributed by atoms with Crippen LogP contribution in [0.1, 0.15) is 25.7 Å². The topological polar surface area (TPSA) is 33.0 Å². The summed E-state index contributed by atoms with van der Waals surface area (Å²) in [6, 6.07) is 1.93. The molecule has 0 aromatic heterocycles. The molecule has 0 spiro atoms. The van der Waals surface area contributed by atoms with Crippen molar-refractivity contribution in [2.45, 2.75) is 31.1 Å². The van der Waals surface area contributed by atoms with Crippen molar-refractivity contribution in [3.8, 4) is 6.07 Å². The number of ether oxygens (including phenoxy) is 1. The predicted molar refractivity (Wildman–Crippen MR) is 48.0 cm³/mol. The van der Waals surface area contributed by atoms with Crippen molar-refractivity contribution in [1.29, 1.82) is 5.26 Å². The fourth-order valence-corrected chi connectivity index (χ4v) is 1.64. The minimum Gasteiger partial charge on any atom is -0.379 e. The summed E-state index contributed by atoms with van der Waals surface area (Å²) < 4.78 is 5.32. The molecular weight excluding hydrogens is 174 g/mol. The lowest BCUT2D eigenvalue weighted by atomic mass is 10.1. The van der Waals surface area contributed by atoms with Crippen molar-refractivity contribution in [2.75, 3.05) is 13.2 Å². The van der Waals surface area contributed by atoms with Gasteiger partial charge in [0.25, 0.3) is 0 Å². The maximum atomic E-state index is 8.36. The van der Waals surface area contributed by atoms with Gasteiger partial charge in [0.05, 0.1) is 12.7 Å². The second-order valence-corrected chi connectivity index (χ2v) is 3.81. The average Bonchev–Trinajstić information content (AvgIpc) is 2.57. The van der Waals surface area contributed by atoms with Crippen LogP contribution in [0.25, 0.3) is 0 Å². The first-order valence-corrected chi connectivity index (χ1v) is 4.88. The number of hydrogen-bond acceptors (Lipinski definition) is 2.